The van der Waals surface area contributed by atoms with E-state index in [0.717, 1.165) is 38.5 Å². The zero-order valence-corrected chi connectivity index (χ0v) is 29.2. The Bertz CT molecular complexity index is 1110. The minimum absolute atomic E-state index is 0.123. The lowest BCUT2D eigenvalue weighted by Crippen LogP contribution is -2.57. The lowest BCUT2D eigenvalue weighted by atomic mass is 9.44. The fourth-order valence-electron chi connectivity index (χ4n) is 10.8. The highest BCUT2D eigenvalue weighted by molar-refractivity contribution is 7.10. The first-order chi connectivity index (χ1) is 21.2. The van der Waals surface area contributed by atoms with Crippen LogP contribution in [-0.4, -0.2) is 17.5 Å². The van der Waals surface area contributed by atoms with Gasteiger partial charge in [-0.25, -0.2) is 0 Å². The number of fused-ring (bicyclic) bond motifs is 5. The van der Waals surface area contributed by atoms with Gasteiger partial charge in [0, 0.05) is 36.5 Å². The Morgan fingerprint density at radius 1 is 0.932 bits per heavy atom. The Labute approximate surface area is 272 Å². The van der Waals surface area contributed by atoms with E-state index in [1.807, 2.05) is 0 Å². The zero-order chi connectivity index (χ0) is 31.3. The molecule has 5 rings (SSSR count). The number of hydrogen-bond acceptors (Lipinski definition) is 4. The van der Waals surface area contributed by atoms with Gasteiger partial charge in [0.25, 0.3) is 0 Å². The van der Waals surface area contributed by atoms with E-state index in [1.165, 1.54) is 62.7 Å². The third-order valence-corrected chi connectivity index (χ3v) is 14.4. The molecule has 4 aliphatic rings. The minimum Gasteiger partial charge on any atom is -0.348 e. The average molecular weight is 624 g/mol. The summed E-state index contributed by atoms with van der Waals surface area (Å²) in [7, 11) is 0. The third-order valence-electron chi connectivity index (χ3n) is 13.4. The number of Topliss-reactive ketones (excluding diaryl/α,β-unsaturated/α-hetero) is 2. The van der Waals surface area contributed by atoms with Crippen molar-refractivity contribution in [1.82, 2.24) is 5.32 Å². The fourth-order valence-corrected chi connectivity index (χ4v) is 11.6. The highest BCUT2D eigenvalue weighted by Crippen LogP contribution is 2.67. The molecule has 1 N–H and O–H groups in total. The van der Waals surface area contributed by atoms with Crippen LogP contribution in [0.15, 0.2) is 17.5 Å². The predicted molar refractivity (Wildman–Crippen MR) is 181 cm³/mol. The van der Waals surface area contributed by atoms with Gasteiger partial charge in [-0.15, -0.1) is 11.3 Å². The van der Waals surface area contributed by atoms with E-state index in [1.54, 1.807) is 11.3 Å². The van der Waals surface area contributed by atoms with Gasteiger partial charge in [-0.2, -0.15) is 0 Å². The Morgan fingerprint density at radius 2 is 1.64 bits per heavy atom. The molecular weight excluding hydrogens is 563 g/mol. The second-order valence-corrected chi connectivity index (χ2v) is 17.0. The van der Waals surface area contributed by atoms with Gasteiger partial charge in [0.1, 0.15) is 11.6 Å². The van der Waals surface area contributed by atoms with Gasteiger partial charge in [0.15, 0.2) is 0 Å². The molecule has 0 aromatic carbocycles. The molecule has 1 heterocycles. The van der Waals surface area contributed by atoms with Crippen LogP contribution in [-0.2, 0) is 14.4 Å². The highest BCUT2D eigenvalue weighted by Gasteiger charge is 2.63. The van der Waals surface area contributed by atoms with Gasteiger partial charge < -0.3 is 5.32 Å². The molecule has 0 radical (unpaired) electrons. The van der Waals surface area contributed by atoms with Crippen LogP contribution in [0.25, 0.3) is 0 Å². The van der Waals surface area contributed by atoms with Crippen molar-refractivity contribution < 1.29 is 14.4 Å². The van der Waals surface area contributed by atoms with Gasteiger partial charge in [0.2, 0.25) is 5.91 Å². The molecule has 4 saturated carbocycles. The highest BCUT2D eigenvalue weighted by atomic mass is 32.1. The van der Waals surface area contributed by atoms with E-state index in [-0.39, 0.29) is 34.6 Å². The molecule has 4 nitrogen and oxygen atoms in total. The quantitative estimate of drug-likeness (QED) is 0.198. The summed E-state index contributed by atoms with van der Waals surface area (Å²) in [5.74, 6) is 3.10. The number of unbranched alkanes of at least 4 members (excludes halogenated alkanes) is 8. The van der Waals surface area contributed by atoms with Gasteiger partial charge >= 0.3 is 0 Å². The number of amides is 1. The van der Waals surface area contributed by atoms with Gasteiger partial charge in [0.05, 0.1) is 6.04 Å². The first-order valence-corrected chi connectivity index (χ1v) is 19.4. The van der Waals surface area contributed by atoms with Gasteiger partial charge in [-0.1, -0.05) is 91.5 Å². The monoisotopic (exact) mass is 623 g/mol. The van der Waals surface area contributed by atoms with Crippen molar-refractivity contribution in [2.45, 2.75) is 156 Å². The lowest BCUT2D eigenvalue weighted by Gasteiger charge is -2.59. The smallest absolute Gasteiger partial charge is 0.220 e. The summed E-state index contributed by atoms with van der Waals surface area (Å²) < 4.78 is 0. The molecule has 1 aromatic rings. The molecule has 0 saturated heterocycles. The minimum atomic E-state index is 0.123. The van der Waals surface area contributed by atoms with E-state index in [2.05, 4.69) is 50.5 Å². The molecule has 0 bridgehead atoms. The summed E-state index contributed by atoms with van der Waals surface area (Å²) in [6, 6.07) is 4.41. The summed E-state index contributed by atoms with van der Waals surface area (Å²) in [6.45, 7) is 9.45. The number of rotatable bonds is 15. The molecule has 2 unspecified atom stereocenters. The fraction of sp³-hybridized carbons (Fsp3) is 0.821. The van der Waals surface area contributed by atoms with Crippen molar-refractivity contribution in [2.75, 3.05) is 0 Å². The van der Waals surface area contributed by atoms with E-state index in [0.29, 0.717) is 60.9 Å². The van der Waals surface area contributed by atoms with Gasteiger partial charge in [-0.3, -0.25) is 14.4 Å². The number of hydrogen-bond donors (Lipinski definition) is 1. The van der Waals surface area contributed by atoms with E-state index in [9.17, 15) is 14.4 Å². The molecule has 0 spiro atoms. The maximum atomic E-state index is 13.7. The Morgan fingerprint density at radius 3 is 2.34 bits per heavy atom. The maximum Gasteiger partial charge on any atom is 0.220 e. The summed E-state index contributed by atoms with van der Waals surface area (Å²) >= 11 is 1.76. The van der Waals surface area contributed by atoms with Crippen molar-refractivity contribution in [1.29, 1.82) is 0 Å². The molecule has 1 amide bonds. The second-order valence-electron chi connectivity index (χ2n) is 16.0. The average Bonchev–Trinajstić information content (AvgIpc) is 3.65. The number of ketones is 2. The van der Waals surface area contributed by atoms with Crippen LogP contribution in [0.3, 0.4) is 0 Å². The van der Waals surface area contributed by atoms with Crippen molar-refractivity contribution in [3.63, 3.8) is 0 Å². The van der Waals surface area contributed by atoms with Crippen LogP contribution < -0.4 is 5.32 Å². The molecule has 44 heavy (non-hydrogen) atoms. The number of carbonyl (C=O) groups excluding carboxylic acids is 3. The standard InChI is InChI=1S/C39H61NO3S/c1-5-6-7-8-9-10-11-12-13-15-33(35-16-14-23-44-35)40-36(43)24-27(2)30-17-18-31-37-32(20-22-39(30,31)4)38(3)21-19-29(41)25-28(38)26-34(37)42/h14,16,23,27-28,30-33,37H,5-13,15,17-22,24-26H2,1-4H3,(H,40,43)/t27-,28+,30?,31+,32+,33?,37+,38+,39-/m1/s1. The molecular formula is C39H61NO3S. The summed E-state index contributed by atoms with van der Waals surface area (Å²) in [4.78, 5) is 40.9. The Hall–Kier alpha value is -1.49. The van der Waals surface area contributed by atoms with Crippen LogP contribution in [0.2, 0.25) is 0 Å². The normalized spacial score (nSPS) is 34.6. The molecule has 246 valence electrons. The maximum absolute atomic E-state index is 13.7. The van der Waals surface area contributed by atoms with E-state index >= 15 is 0 Å². The zero-order valence-electron chi connectivity index (χ0n) is 28.3. The van der Waals surface area contributed by atoms with Crippen LogP contribution in [0, 0.1) is 46.3 Å². The van der Waals surface area contributed by atoms with Crippen molar-refractivity contribution >= 4 is 28.8 Å². The number of carbonyl (C=O) groups is 3. The van der Waals surface area contributed by atoms with Crippen LogP contribution >= 0.6 is 11.3 Å². The van der Waals surface area contributed by atoms with Crippen LogP contribution in [0.1, 0.15) is 161 Å². The molecule has 1 aromatic heterocycles. The molecule has 9 atom stereocenters. The molecule has 4 fully saturated rings. The summed E-state index contributed by atoms with van der Waals surface area (Å²) in [6.07, 6.45) is 20.9. The molecule has 4 aliphatic carbocycles. The van der Waals surface area contributed by atoms with Crippen LogP contribution in [0.4, 0.5) is 0 Å². The van der Waals surface area contributed by atoms with Crippen molar-refractivity contribution in [2.24, 2.45) is 46.3 Å². The Balaban J connectivity index is 1.14. The summed E-state index contributed by atoms with van der Waals surface area (Å²) in [5.41, 5.74) is 0.275. The topological polar surface area (TPSA) is 63.2 Å². The van der Waals surface area contributed by atoms with Crippen molar-refractivity contribution in [3.8, 4) is 0 Å². The van der Waals surface area contributed by atoms with Crippen molar-refractivity contribution in [3.05, 3.63) is 22.4 Å². The van der Waals surface area contributed by atoms with E-state index in [4.69, 9.17) is 0 Å². The number of thiophene rings is 1. The van der Waals surface area contributed by atoms with Crippen LogP contribution in [0.5, 0.6) is 0 Å². The largest absolute Gasteiger partial charge is 0.348 e. The molecule has 5 heteroatoms. The van der Waals surface area contributed by atoms with E-state index < -0.39 is 0 Å². The first kappa shape index (κ1) is 33.9. The summed E-state index contributed by atoms with van der Waals surface area (Å²) in [5, 5.41) is 5.59. The molecule has 0 aliphatic heterocycles. The van der Waals surface area contributed by atoms with Gasteiger partial charge in [-0.05, 0) is 90.4 Å². The Kier molecular flexibility index (Phi) is 11.5. The lowest BCUT2D eigenvalue weighted by molar-refractivity contribution is -0.159. The second kappa shape index (κ2) is 14.9. The SMILES string of the molecule is CCCCCCCCCCCC(NC(=O)C[C@@H](C)C1CC[C@H]2[C@@H]3C(=O)C[C@@H]4CC(=O)CC[C@]4(C)[C@H]3CC[C@]12C)c1cccs1. The predicted octanol–water partition coefficient (Wildman–Crippen LogP) is 10.3. The number of nitrogens with one attached hydrogen (secondary N) is 1. The third kappa shape index (κ3) is 7.23. The first-order valence-electron chi connectivity index (χ1n) is 18.5.